The van der Waals surface area contributed by atoms with E-state index in [1.54, 1.807) is 0 Å². The first kappa shape index (κ1) is 18.4. The molecule has 0 aromatic carbocycles. The summed E-state index contributed by atoms with van der Waals surface area (Å²) in [6, 6.07) is 2.33. The first-order chi connectivity index (χ1) is 12.0. The van der Waals surface area contributed by atoms with E-state index < -0.39 is 0 Å². The molecule has 138 valence electrons. The van der Waals surface area contributed by atoms with Gasteiger partial charge >= 0.3 is 0 Å². The minimum Gasteiger partial charge on any atom is -0.379 e. The Morgan fingerprint density at radius 2 is 2.12 bits per heavy atom. The lowest BCUT2D eigenvalue weighted by Crippen LogP contribution is -2.49. The highest BCUT2D eigenvalue weighted by Crippen LogP contribution is 2.27. The molecular weight excluding hydrogens is 336 g/mol. The number of hydrogen-bond donors (Lipinski definition) is 1. The second-order valence-corrected chi connectivity index (χ2v) is 8.21. The quantitative estimate of drug-likeness (QED) is 0.855. The van der Waals surface area contributed by atoms with Gasteiger partial charge in [0.15, 0.2) is 0 Å². The van der Waals surface area contributed by atoms with Gasteiger partial charge in [0.2, 0.25) is 0 Å². The Balaban J connectivity index is 1.66. The zero-order valence-corrected chi connectivity index (χ0v) is 16.4. The van der Waals surface area contributed by atoms with Gasteiger partial charge in [-0.15, -0.1) is 11.3 Å². The summed E-state index contributed by atoms with van der Waals surface area (Å²) in [4.78, 5) is 16.9. The molecule has 0 radical (unpaired) electrons. The molecule has 1 amide bonds. The van der Waals surface area contributed by atoms with Crippen LogP contribution >= 0.6 is 11.3 Å². The van der Waals surface area contributed by atoms with E-state index in [0.29, 0.717) is 18.5 Å². The second kappa shape index (κ2) is 7.85. The monoisotopic (exact) mass is 364 g/mol. The van der Waals surface area contributed by atoms with Crippen LogP contribution in [0.4, 0.5) is 0 Å². The number of nitrogens with one attached hydrogen (secondary N) is 1. The first-order valence-corrected chi connectivity index (χ1v) is 9.80. The molecule has 0 spiro atoms. The van der Waals surface area contributed by atoms with Crippen LogP contribution < -0.4 is 5.32 Å². The fourth-order valence-electron chi connectivity index (χ4n) is 3.46. The van der Waals surface area contributed by atoms with Gasteiger partial charge in [-0.2, -0.15) is 5.10 Å². The van der Waals surface area contributed by atoms with Crippen LogP contribution in [0.1, 0.15) is 35.6 Å². The van der Waals surface area contributed by atoms with Gasteiger partial charge in [0.25, 0.3) is 5.91 Å². The predicted molar refractivity (Wildman–Crippen MR) is 101 cm³/mol. The van der Waals surface area contributed by atoms with E-state index in [1.807, 2.05) is 24.7 Å². The zero-order chi connectivity index (χ0) is 18.0. The van der Waals surface area contributed by atoms with Crippen molar-refractivity contribution in [2.75, 3.05) is 32.8 Å². The van der Waals surface area contributed by atoms with Gasteiger partial charge in [-0.05, 0) is 25.3 Å². The van der Waals surface area contributed by atoms with Crippen LogP contribution in [0.3, 0.4) is 0 Å². The smallest absolute Gasteiger partial charge is 0.261 e. The maximum atomic E-state index is 12.6. The summed E-state index contributed by atoms with van der Waals surface area (Å²) in [6.45, 7) is 10.6. The molecule has 0 aliphatic carbocycles. The second-order valence-electron chi connectivity index (χ2n) is 7.18. The van der Waals surface area contributed by atoms with Gasteiger partial charge in [-0.3, -0.25) is 14.4 Å². The van der Waals surface area contributed by atoms with Crippen LogP contribution in [-0.2, 0) is 11.8 Å². The summed E-state index contributed by atoms with van der Waals surface area (Å²) in [5.41, 5.74) is 0.971. The third kappa shape index (κ3) is 4.22. The maximum absolute atomic E-state index is 12.6. The fourth-order valence-corrected chi connectivity index (χ4v) is 4.50. The topological polar surface area (TPSA) is 59.4 Å². The lowest BCUT2D eigenvalue weighted by Gasteiger charge is -2.35. The standard InChI is InChI=1S/C18H28N4O2S/c1-12(2)9-14(22-5-7-24-8-6-22)11-19-17(23)16-10-15-13(3)20-21(4)18(15)25-16/h10,12,14H,5-9,11H2,1-4H3,(H,19,23). The van der Waals surface area contributed by atoms with E-state index in [-0.39, 0.29) is 5.91 Å². The summed E-state index contributed by atoms with van der Waals surface area (Å²) in [5, 5.41) is 8.62. The van der Waals surface area contributed by atoms with Crippen LogP contribution in [0.2, 0.25) is 0 Å². The SMILES string of the molecule is Cc1nn(C)c2sc(C(=O)NCC(CC(C)C)N3CCOCC3)cc12. The minimum absolute atomic E-state index is 0.0163. The van der Waals surface area contributed by atoms with E-state index in [0.717, 1.165) is 53.5 Å². The maximum Gasteiger partial charge on any atom is 0.261 e. The van der Waals surface area contributed by atoms with E-state index >= 15 is 0 Å². The Morgan fingerprint density at radius 1 is 1.40 bits per heavy atom. The number of thiophene rings is 1. The molecule has 0 saturated carbocycles. The highest BCUT2D eigenvalue weighted by atomic mass is 32.1. The van der Waals surface area contributed by atoms with Crippen molar-refractivity contribution in [1.29, 1.82) is 0 Å². The van der Waals surface area contributed by atoms with E-state index in [4.69, 9.17) is 4.74 Å². The molecule has 25 heavy (non-hydrogen) atoms. The molecule has 3 rings (SSSR count). The van der Waals surface area contributed by atoms with Gasteiger partial charge in [-0.1, -0.05) is 13.8 Å². The molecular formula is C18H28N4O2S. The Morgan fingerprint density at radius 3 is 2.76 bits per heavy atom. The molecule has 1 N–H and O–H groups in total. The summed E-state index contributed by atoms with van der Waals surface area (Å²) in [6.07, 6.45) is 1.08. The van der Waals surface area contributed by atoms with Crippen LogP contribution in [0, 0.1) is 12.8 Å². The number of hydrogen-bond acceptors (Lipinski definition) is 5. The first-order valence-electron chi connectivity index (χ1n) is 8.99. The van der Waals surface area contributed by atoms with Crippen molar-refractivity contribution in [3.63, 3.8) is 0 Å². The van der Waals surface area contributed by atoms with Gasteiger partial charge in [0, 0.05) is 38.1 Å². The van der Waals surface area contributed by atoms with Crippen molar-refractivity contribution in [2.45, 2.75) is 33.2 Å². The van der Waals surface area contributed by atoms with Crippen LogP contribution in [0.25, 0.3) is 10.2 Å². The van der Waals surface area contributed by atoms with Crippen molar-refractivity contribution >= 4 is 27.5 Å². The molecule has 2 aromatic rings. The van der Waals surface area contributed by atoms with Crippen LogP contribution in [0.15, 0.2) is 6.07 Å². The molecule has 1 aliphatic rings. The van der Waals surface area contributed by atoms with Gasteiger partial charge in [0.05, 0.1) is 23.8 Å². The Bertz CT molecular complexity index is 696. The molecule has 1 aliphatic heterocycles. The molecule has 1 fully saturated rings. The number of carbonyl (C=O) groups is 1. The average molecular weight is 365 g/mol. The molecule has 1 atom stereocenters. The molecule has 7 heteroatoms. The lowest BCUT2D eigenvalue weighted by molar-refractivity contribution is 0.0125. The van der Waals surface area contributed by atoms with Crippen molar-refractivity contribution in [1.82, 2.24) is 20.0 Å². The number of aryl methyl sites for hydroxylation is 2. The fraction of sp³-hybridized carbons (Fsp3) is 0.667. The predicted octanol–water partition coefficient (Wildman–Crippen LogP) is 2.42. The van der Waals surface area contributed by atoms with Crippen molar-refractivity contribution in [2.24, 2.45) is 13.0 Å². The van der Waals surface area contributed by atoms with E-state index in [1.165, 1.54) is 11.3 Å². The van der Waals surface area contributed by atoms with Gasteiger partial charge in [-0.25, -0.2) is 0 Å². The lowest BCUT2D eigenvalue weighted by atomic mass is 10.0. The number of carbonyl (C=O) groups excluding carboxylic acids is 1. The summed E-state index contributed by atoms with van der Waals surface area (Å²) < 4.78 is 7.31. The Kier molecular flexibility index (Phi) is 5.76. The van der Waals surface area contributed by atoms with Crippen molar-refractivity contribution in [3.05, 3.63) is 16.6 Å². The molecule has 2 aromatic heterocycles. The number of fused-ring (bicyclic) bond motifs is 1. The molecule has 1 unspecified atom stereocenters. The number of aromatic nitrogens is 2. The third-order valence-corrected chi connectivity index (χ3v) is 5.92. The highest BCUT2D eigenvalue weighted by Gasteiger charge is 2.23. The number of amides is 1. The number of ether oxygens (including phenoxy) is 1. The summed E-state index contributed by atoms with van der Waals surface area (Å²) in [7, 11) is 1.92. The van der Waals surface area contributed by atoms with E-state index in [9.17, 15) is 4.79 Å². The molecule has 3 heterocycles. The zero-order valence-electron chi connectivity index (χ0n) is 15.5. The number of rotatable bonds is 6. The minimum atomic E-state index is 0.0163. The van der Waals surface area contributed by atoms with Crippen molar-refractivity contribution < 1.29 is 9.53 Å². The largest absolute Gasteiger partial charge is 0.379 e. The summed E-state index contributed by atoms with van der Waals surface area (Å²) >= 11 is 1.51. The highest BCUT2D eigenvalue weighted by molar-refractivity contribution is 7.20. The Hall–Kier alpha value is -1.44. The number of morpholine rings is 1. The molecule has 6 nitrogen and oxygen atoms in total. The summed E-state index contributed by atoms with van der Waals surface area (Å²) in [5.74, 6) is 0.616. The van der Waals surface area contributed by atoms with Crippen molar-refractivity contribution in [3.8, 4) is 0 Å². The molecule has 0 bridgehead atoms. The normalized spacial score (nSPS) is 17.3. The van der Waals surface area contributed by atoms with E-state index in [2.05, 4.69) is 29.2 Å². The van der Waals surface area contributed by atoms with Crippen LogP contribution in [0.5, 0.6) is 0 Å². The van der Waals surface area contributed by atoms with Gasteiger partial charge in [0.1, 0.15) is 4.83 Å². The third-order valence-electron chi connectivity index (χ3n) is 4.72. The Labute approximate surface area is 153 Å². The molecule has 1 saturated heterocycles. The van der Waals surface area contributed by atoms with Gasteiger partial charge < -0.3 is 10.1 Å². The number of nitrogens with zero attached hydrogens (tertiary/aromatic N) is 3. The average Bonchev–Trinajstić information content (AvgIpc) is 3.14. The van der Waals surface area contributed by atoms with Crippen LogP contribution in [-0.4, -0.2) is 59.5 Å².